The van der Waals surface area contributed by atoms with E-state index in [0.29, 0.717) is 19.4 Å². The van der Waals surface area contributed by atoms with Gasteiger partial charge in [0.15, 0.2) is 5.78 Å². The van der Waals surface area contributed by atoms with Crippen LogP contribution < -0.4 is 5.73 Å². The summed E-state index contributed by atoms with van der Waals surface area (Å²) in [7, 11) is 0. The van der Waals surface area contributed by atoms with Crippen LogP contribution in [-0.2, 0) is 4.79 Å². The summed E-state index contributed by atoms with van der Waals surface area (Å²) in [5.41, 5.74) is 5.34. The molecule has 3 nitrogen and oxygen atoms in total. The molecule has 0 saturated heterocycles. The van der Waals surface area contributed by atoms with Crippen molar-refractivity contribution in [2.45, 2.75) is 19.3 Å². The van der Waals surface area contributed by atoms with Crippen LogP contribution in [0.2, 0.25) is 0 Å². The number of hydrogen-bond donors (Lipinski definition) is 2. The molecule has 1 rings (SSSR count). The second-order valence-electron chi connectivity index (χ2n) is 2.95. The Labute approximate surface area is 65.9 Å². The third kappa shape index (κ3) is 2.35. The van der Waals surface area contributed by atoms with Gasteiger partial charge < -0.3 is 10.8 Å². The van der Waals surface area contributed by atoms with Crippen LogP contribution >= 0.6 is 0 Å². The summed E-state index contributed by atoms with van der Waals surface area (Å²) in [5, 5.41) is 9.08. The van der Waals surface area contributed by atoms with Crippen molar-refractivity contribution < 1.29 is 9.90 Å². The molecule has 0 saturated carbocycles. The number of carbonyl (C=O) groups is 1. The van der Waals surface area contributed by atoms with Crippen molar-refractivity contribution in [2.75, 3.05) is 6.54 Å². The Morgan fingerprint density at radius 3 is 2.91 bits per heavy atom. The molecule has 0 aromatic carbocycles. The van der Waals surface area contributed by atoms with Gasteiger partial charge in [0.05, 0.1) is 5.76 Å². The summed E-state index contributed by atoms with van der Waals surface area (Å²) < 4.78 is 0. The molecule has 1 aliphatic carbocycles. The van der Waals surface area contributed by atoms with E-state index in [0.717, 1.165) is 6.42 Å². The Hall–Kier alpha value is -0.830. The lowest BCUT2D eigenvalue weighted by molar-refractivity contribution is -0.116. The first-order valence-corrected chi connectivity index (χ1v) is 3.85. The van der Waals surface area contributed by atoms with Crippen LogP contribution in [0.5, 0.6) is 0 Å². The zero-order valence-electron chi connectivity index (χ0n) is 6.42. The zero-order chi connectivity index (χ0) is 8.27. The van der Waals surface area contributed by atoms with Crippen molar-refractivity contribution in [3.8, 4) is 0 Å². The predicted molar refractivity (Wildman–Crippen MR) is 42.1 cm³/mol. The minimum absolute atomic E-state index is 0.0206. The summed E-state index contributed by atoms with van der Waals surface area (Å²) in [6.45, 7) is 0.589. The van der Waals surface area contributed by atoms with Crippen molar-refractivity contribution in [2.24, 2.45) is 11.7 Å². The molecule has 3 N–H and O–H groups in total. The van der Waals surface area contributed by atoms with E-state index >= 15 is 0 Å². The Kier molecular flexibility index (Phi) is 2.65. The normalized spacial score (nSPS) is 25.0. The number of allylic oxidation sites excluding steroid dienone is 2. The maximum atomic E-state index is 10.9. The number of nitrogens with two attached hydrogens (primary N) is 1. The molecule has 1 unspecified atom stereocenters. The third-order valence-corrected chi connectivity index (χ3v) is 1.89. The van der Waals surface area contributed by atoms with Gasteiger partial charge >= 0.3 is 0 Å². The first kappa shape index (κ1) is 8.27. The van der Waals surface area contributed by atoms with Crippen LogP contribution in [0.15, 0.2) is 11.8 Å². The lowest BCUT2D eigenvalue weighted by atomic mass is 9.90. The summed E-state index contributed by atoms with van der Waals surface area (Å²) in [6.07, 6.45) is 3.29. The molecule has 0 aromatic heterocycles. The van der Waals surface area contributed by atoms with Gasteiger partial charge in [-0.25, -0.2) is 0 Å². The van der Waals surface area contributed by atoms with E-state index in [9.17, 15) is 4.79 Å². The number of rotatable bonds is 2. The Morgan fingerprint density at radius 2 is 2.36 bits per heavy atom. The number of ketones is 1. The van der Waals surface area contributed by atoms with Crippen LogP contribution in [0.4, 0.5) is 0 Å². The Morgan fingerprint density at radius 1 is 1.64 bits per heavy atom. The minimum Gasteiger partial charge on any atom is -0.512 e. The highest BCUT2D eigenvalue weighted by atomic mass is 16.3. The molecule has 0 heterocycles. The van der Waals surface area contributed by atoms with Crippen LogP contribution in [0, 0.1) is 5.92 Å². The third-order valence-electron chi connectivity index (χ3n) is 1.89. The van der Waals surface area contributed by atoms with Crippen molar-refractivity contribution in [1.29, 1.82) is 0 Å². The van der Waals surface area contributed by atoms with Crippen molar-refractivity contribution in [3.05, 3.63) is 11.8 Å². The molecule has 0 aromatic rings. The van der Waals surface area contributed by atoms with Gasteiger partial charge in [0, 0.05) is 18.9 Å². The molecule has 11 heavy (non-hydrogen) atoms. The monoisotopic (exact) mass is 155 g/mol. The van der Waals surface area contributed by atoms with E-state index in [1.165, 1.54) is 6.08 Å². The number of carbonyl (C=O) groups excluding carboxylic acids is 1. The van der Waals surface area contributed by atoms with Crippen LogP contribution in [0.1, 0.15) is 19.3 Å². The molecule has 1 atom stereocenters. The number of aliphatic hydroxyl groups is 1. The largest absolute Gasteiger partial charge is 0.512 e. The highest BCUT2D eigenvalue weighted by Crippen LogP contribution is 2.22. The molecule has 0 aliphatic heterocycles. The molecule has 0 spiro atoms. The fourth-order valence-electron chi connectivity index (χ4n) is 1.40. The SMILES string of the molecule is NCCC1CC(=O)C=C(O)C1. The quantitative estimate of drug-likeness (QED) is 0.618. The van der Waals surface area contributed by atoms with E-state index in [-0.39, 0.29) is 17.5 Å². The molecule has 1 aliphatic rings. The molecule has 0 radical (unpaired) electrons. The first-order chi connectivity index (χ1) is 5.22. The highest BCUT2D eigenvalue weighted by Gasteiger charge is 2.18. The van der Waals surface area contributed by atoms with Crippen LogP contribution in [0.3, 0.4) is 0 Å². The Balaban J connectivity index is 2.50. The number of hydrogen-bond acceptors (Lipinski definition) is 3. The van der Waals surface area contributed by atoms with Gasteiger partial charge in [0.2, 0.25) is 0 Å². The Bertz CT molecular complexity index is 187. The van der Waals surface area contributed by atoms with Gasteiger partial charge in [-0.2, -0.15) is 0 Å². The molecular weight excluding hydrogens is 142 g/mol. The fraction of sp³-hybridized carbons (Fsp3) is 0.625. The summed E-state index contributed by atoms with van der Waals surface area (Å²) in [4.78, 5) is 10.9. The summed E-state index contributed by atoms with van der Waals surface area (Å²) in [6, 6.07) is 0. The molecule has 3 heteroatoms. The summed E-state index contributed by atoms with van der Waals surface area (Å²) >= 11 is 0. The van der Waals surface area contributed by atoms with Gasteiger partial charge in [-0.15, -0.1) is 0 Å². The van der Waals surface area contributed by atoms with Crippen LogP contribution in [0.25, 0.3) is 0 Å². The number of aliphatic hydroxyl groups excluding tert-OH is 1. The maximum Gasteiger partial charge on any atom is 0.159 e. The van der Waals surface area contributed by atoms with Crippen molar-refractivity contribution >= 4 is 5.78 Å². The van der Waals surface area contributed by atoms with E-state index in [1.54, 1.807) is 0 Å². The van der Waals surface area contributed by atoms with Crippen molar-refractivity contribution in [1.82, 2.24) is 0 Å². The topological polar surface area (TPSA) is 63.3 Å². The maximum absolute atomic E-state index is 10.9. The first-order valence-electron chi connectivity index (χ1n) is 3.85. The van der Waals surface area contributed by atoms with E-state index in [1.807, 2.05) is 0 Å². The van der Waals surface area contributed by atoms with E-state index in [2.05, 4.69) is 0 Å². The molecule has 62 valence electrons. The second kappa shape index (κ2) is 3.53. The van der Waals surface area contributed by atoms with Gasteiger partial charge in [-0.3, -0.25) is 4.79 Å². The fourth-order valence-corrected chi connectivity index (χ4v) is 1.40. The lowest BCUT2D eigenvalue weighted by Gasteiger charge is -2.17. The molecule has 0 fully saturated rings. The van der Waals surface area contributed by atoms with E-state index < -0.39 is 0 Å². The second-order valence-corrected chi connectivity index (χ2v) is 2.95. The zero-order valence-corrected chi connectivity index (χ0v) is 6.42. The predicted octanol–water partition coefficient (Wildman–Crippen LogP) is 0.756. The van der Waals surface area contributed by atoms with E-state index in [4.69, 9.17) is 10.8 Å². The van der Waals surface area contributed by atoms with Gasteiger partial charge in [0.1, 0.15) is 0 Å². The van der Waals surface area contributed by atoms with Crippen molar-refractivity contribution in [3.63, 3.8) is 0 Å². The summed E-state index contributed by atoms with van der Waals surface area (Å²) in [5.74, 6) is 0.490. The van der Waals surface area contributed by atoms with Gasteiger partial charge in [0.25, 0.3) is 0 Å². The van der Waals surface area contributed by atoms with Gasteiger partial charge in [-0.1, -0.05) is 0 Å². The standard InChI is InChI=1S/C8H13NO2/c9-2-1-6-3-7(10)5-8(11)4-6/h5-6,10H,1-4,9H2. The molecule has 0 bridgehead atoms. The minimum atomic E-state index is 0.0206. The van der Waals surface area contributed by atoms with Crippen LogP contribution in [-0.4, -0.2) is 17.4 Å². The van der Waals surface area contributed by atoms with Gasteiger partial charge in [-0.05, 0) is 18.9 Å². The molecule has 0 amide bonds. The molecular formula is C8H13NO2. The smallest absolute Gasteiger partial charge is 0.159 e. The average molecular weight is 155 g/mol. The lowest BCUT2D eigenvalue weighted by Crippen LogP contribution is -2.17. The average Bonchev–Trinajstić information content (AvgIpc) is 1.85. The highest BCUT2D eigenvalue weighted by molar-refractivity contribution is 5.91.